The van der Waals surface area contributed by atoms with Crippen molar-refractivity contribution in [3.8, 4) is 0 Å². The summed E-state index contributed by atoms with van der Waals surface area (Å²) < 4.78 is 3.33. The van der Waals surface area contributed by atoms with Crippen molar-refractivity contribution in [3.05, 3.63) is 50.8 Å². The Kier molecular flexibility index (Phi) is 4.61. The normalized spacial score (nSPS) is 17.9. The van der Waals surface area contributed by atoms with Gasteiger partial charge in [-0.05, 0) is 26.7 Å². The molecule has 0 radical (unpaired) electrons. The molecule has 8 heteroatoms. The van der Waals surface area contributed by atoms with Crippen molar-refractivity contribution >= 4 is 5.91 Å². The van der Waals surface area contributed by atoms with Gasteiger partial charge in [0.25, 0.3) is 11.5 Å². The van der Waals surface area contributed by atoms with E-state index in [0.29, 0.717) is 19.1 Å². The lowest BCUT2D eigenvalue weighted by Gasteiger charge is -2.33. The first-order valence-electron chi connectivity index (χ1n) is 8.50. The maximum absolute atomic E-state index is 12.8. The maximum atomic E-state index is 12.8. The number of H-pyrrole nitrogens is 1. The number of nitrogens with zero attached hydrogens (tertiary/aromatic N) is 4. The van der Waals surface area contributed by atoms with Crippen LogP contribution in [0, 0.1) is 0 Å². The lowest BCUT2D eigenvalue weighted by Crippen LogP contribution is -2.43. The molecular weight excluding hydrogens is 322 g/mol. The van der Waals surface area contributed by atoms with Crippen molar-refractivity contribution in [1.82, 2.24) is 24.0 Å². The molecule has 3 rings (SSSR count). The summed E-state index contributed by atoms with van der Waals surface area (Å²) in [6.45, 7) is 5.31. The molecule has 1 aliphatic rings. The fraction of sp³-hybridized carbons (Fsp3) is 0.529. The SMILES string of the molecule is CC(C)n1ccnc1C1CCCN(C(=O)c2cn(C)c(=O)[nH]c2=O)C1. The van der Waals surface area contributed by atoms with Crippen LogP contribution in [0.4, 0.5) is 0 Å². The standard InChI is InChI=1S/C17H23N5O3/c1-11(2)22-8-6-18-14(22)12-5-4-7-21(9-12)16(24)13-10-20(3)17(25)19-15(13)23/h6,8,10-12H,4-5,7,9H2,1-3H3,(H,19,23,25). The number of likely N-dealkylation sites (tertiary alicyclic amines) is 1. The monoisotopic (exact) mass is 345 g/mol. The number of rotatable bonds is 3. The zero-order chi connectivity index (χ0) is 18.1. The third-order valence-corrected chi connectivity index (χ3v) is 4.67. The van der Waals surface area contributed by atoms with Gasteiger partial charge in [-0.15, -0.1) is 0 Å². The smallest absolute Gasteiger partial charge is 0.328 e. The van der Waals surface area contributed by atoms with E-state index < -0.39 is 11.2 Å². The van der Waals surface area contributed by atoms with E-state index in [1.807, 2.05) is 6.20 Å². The van der Waals surface area contributed by atoms with Crippen LogP contribution < -0.4 is 11.2 Å². The van der Waals surface area contributed by atoms with Crippen molar-refractivity contribution in [1.29, 1.82) is 0 Å². The zero-order valence-electron chi connectivity index (χ0n) is 14.7. The van der Waals surface area contributed by atoms with Crippen molar-refractivity contribution in [2.75, 3.05) is 13.1 Å². The van der Waals surface area contributed by atoms with Crippen molar-refractivity contribution in [2.45, 2.75) is 38.6 Å². The number of nitrogens with one attached hydrogen (secondary N) is 1. The summed E-state index contributed by atoms with van der Waals surface area (Å²) in [6.07, 6.45) is 6.86. The van der Waals surface area contributed by atoms with Gasteiger partial charge in [-0.1, -0.05) is 0 Å². The van der Waals surface area contributed by atoms with Crippen LogP contribution in [0.2, 0.25) is 0 Å². The van der Waals surface area contributed by atoms with Gasteiger partial charge in [0.15, 0.2) is 0 Å². The third kappa shape index (κ3) is 3.29. The van der Waals surface area contributed by atoms with Gasteiger partial charge in [0.2, 0.25) is 0 Å². The van der Waals surface area contributed by atoms with Crippen LogP contribution in [-0.4, -0.2) is 43.0 Å². The van der Waals surface area contributed by atoms with Crippen molar-refractivity contribution in [3.63, 3.8) is 0 Å². The quantitative estimate of drug-likeness (QED) is 0.893. The molecule has 0 bridgehead atoms. The van der Waals surface area contributed by atoms with Crippen molar-refractivity contribution in [2.24, 2.45) is 7.05 Å². The predicted octanol–water partition coefficient (Wildman–Crippen LogP) is 0.871. The minimum atomic E-state index is -0.640. The van der Waals surface area contributed by atoms with Gasteiger partial charge in [-0.25, -0.2) is 9.78 Å². The highest BCUT2D eigenvalue weighted by atomic mass is 16.2. The molecule has 2 aromatic heterocycles. The van der Waals surface area contributed by atoms with E-state index in [0.717, 1.165) is 18.7 Å². The molecule has 1 amide bonds. The van der Waals surface area contributed by atoms with Gasteiger partial charge in [-0.2, -0.15) is 0 Å². The minimum Gasteiger partial charge on any atom is -0.338 e. The van der Waals surface area contributed by atoms with Crippen molar-refractivity contribution < 1.29 is 4.79 Å². The summed E-state index contributed by atoms with van der Waals surface area (Å²) in [5.41, 5.74) is -1.18. The molecule has 1 aliphatic heterocycles. The molecule has 1 fully saturated rings. The van der Waals surface area contributed by atoms with Gasteiger partial charge in [0, 0.05) is 50.7 Å². The molecule has 1 N–H and O–H groups in total. The molecule has 1 unspecified atom stereocenters. The number of piperidine rings is 1. The number of carbonyl (C=O) groups is 1. The second kappa shape index (κ2) is 6.70. The van der Waals surface area contributed by atoms with Crippen LogP contribution in [-0.2, 0) is 7.05 Å². The Morgan fingerprint density at radius 3 is 2.84 bits per heavy atom. The van der Waals surface area contributed by atoms with E-state index in [2.05, 4.69) is 28.4 Å². The Morgan fingerprint density at radius 1 is 1.36 bits per heavy atom. The Hall–Kier alpha value is -2.64. The maximum Gasteiger partial charge on any atom is 0.328 e. The van der Waals surface area contributed by atoms with E-state index in [4.69, 9.17) is 0 Å². The van der Waals surface area contributed by atoms with E-state index in [1.165, 1.54) is 17.8 Å². The Balaban J connectivity index is 1.85. The Morgan fingerprint density at radius 2 is 2.12 bits per heavy atom. The highest BCUT2D eigenvalue weighted by Gasteiger charge is 2.29. The average molecular weight is 345 g/mol. The zero-order valence-corrected chi connectivity index (χ0v) is 14.7. The molecular formula is C17H23N5O3. The Bertz CT molecular complexity index is 892. The number of aryl methyl sites for hydroxylation is 1. The van der Waals surface area contributed by atoms with E-state index in [9.17, 15) is 14.4 Å². The summed E-state index contributed by atoms with van der Waals surface area (Å²) >= 11 is 0. The highest BCUT2D eigenvalue weighted by molar-refractivity contribution is 5.93. The first kappa shape index (κ1) is 17.2. The van der Waals surface area contributed by atoms with Crippen LogP contribution in [0.3, 0.4) is 0 Å². The number of imidazole rings is 1. The molecule has 25 heavy (non-hydrogen) atoms. The first-order valence-corrected chi connectivity index (χ1v) is 8.50. The van der Waals surface area contributed by atoms with E-state index in [-0.39, 0.29) is 17.4 Å². The number of aromatic nitrogens is 4. The molecule has 1 saturated heterocycles. The molecule has 2 aromatic rings. The van der Waals surface area contributed by atoms with Gasteiger partial charge in [-0.3, -0.25) is 14.6 Å². The fourth-order valence-electron chi connectivity index (χ4n) is 3.34. The van der Waals surface area contributed by atoms with Gasteiger partial charge in [0.1, 0.15) is 11.4 Å². The molecule has 0 saturated carbocycles. The lowest BCUT2D eigenvalue weighted by molar-refractivity contribution is 0.0700. The number of hydrogen-bond acceptors (Lipinski definition) is 4. The van der Waals surface area contributed by atoms with Gasteiger partial charge in [0.05, 0.1) is 0 Å². The van der Waals surface area contributed by atoms with Crippen LogP contribution in [0.5, 0.6) is 0 Å². The molecule has 8 nitrogen and oxygen atoms in total. The van der Waals surface area contributed by atoms with Crippen LogP contribution in [0.15, 0.2) is 28.2 Å². The third-order valence-electron chi connectivity index (χ3n) is 4.67. The van der Waals surface area contributed by atoms with E-state index >= 15 is 0 Å². The van der Waals surface area contributed by atoms with Crippen LogP contribution >= 0.6 is 0 Å². The van der Waals surface area contributed by atoms with Crippen LogP contribution in [0.1, 0.15) is 54.8 Å². The molecule has 0 aromatic carbocycles. The number of hydrogen-bond donors (Lipinski definition) is 1. The predicted molar refractivity (Wildman–Crippen MR) is 92.8 cm³/mol. The van der Waals surface area contributed by atoms with E-state index in [1.54, 1.807) is 11.1 Å². The van der Waals surface area contributed by atoms with Crippen LogP contribution in [0.25, 0.3) is 0 Å². The fourth-order valence-corrected chi connectivity index (χ4v) is 3.34. The molecule has 0 spiro atoms. The van der Waals surface area contributed by atoms with Gasteiger partial charge >= 0.3 is 5.69 Å². The summed E-state index contributed by atoms with van der Waals surface area (Å²) in [5, 5.41) is 0. The second-order valence-electron chi connectivity index (χ2n) is 6.79. The highest BCUT2D eigenvalue weighted by Crippen LogP contribution is 2.27. The second-order valence-corrected chi connectivity index (χ2v) is 6.79. The average Bonchev–Trinajstić information content (AvgIpc) is 3.08. The number of amides is 1. The number of aromatic amines is 1. The molecule has 3 heterocycles. The summed E-state index contributed by atoms with van der Waals surface area (Å²) in [6, 6.07) is 0.301. The lowest BCUT2D eigenvalue weighted by atomic mass is 9.96. The largest absolute Gasteiger partial charge is 0.338 e. The number of carbonyl (C=O) groups excluding carboxylic acids is 1. The summed E-state index contributed by atoms with van der Waals surface area (Å²) in [7, 11) is 1.51. The van der Waals surface area contributed by atoms with Gasteiger partial charge < -0.3 is 14.0 Å². The topological polar surface area (TPSA) is 93.0 Å². The summed E-state index contributed by atoms with van der Waals surface area (Å²) in [5.74, 6) is 0.771. The minimum absolute atomic E-state index is 0.00467. The Labute approximate surface area is 145 Å². The molecule has 1 atom stereocenters. The molecule has 0 aliphatic carbocycles. The summed E-state index contributed by atoms with van der Waals surface area (Å²) in [4.78, 5) is 44.6. The first-order chi connectivity index (χ1) is 11.9. The molecule has 134 valence electrons.